The maximum atomic E-state index is 14.2. The van der Waals surface area contributed by atoms with E-state index in [0.29, 0.717) is 36.7 Å². The largest absolute Gasteiger partial charge is 0.431 e. The lowest BCUT2D eigenvalue weighted by atomic mass is 9.72. The van der Waals surface area contributed by atoms with Gasteiger partial charge in [0.2, 0.25) is 17.5 Å². The molecule has 5 heterocycles. The number of piperidine rings is 1. The van der Waals surface area contributed by atoms with E-state index in [9.17, 15) is 32.7 Å². The van der Waals surface area contributed by atoms with Gasteiger partial charge in [0, 0.05) is 42.4 Å². The number of H-pyrrole nitrogens is 1. The van der Waals surface area contributed by atoms with E-state index < -0.39 is 53.3 Å². The fourth-order valence-electron chi connectivity index (χ4n) is 8.98. The number of aliphatic hydroxyl groups is 1. The third-order valence-corrected chi connectivity index (χ3v) is 11.0. The van der Waals surface area contributed by atoms with Gasteiger partial charge in [-0.1, -0.05) is 42.5 Å². The highest BCUT2D eigenvalue weighted by Gasteiger charge is 2.70. The van der Waals surface area contributed by atoms with Crippen LogP contribution in [0.15, 0.2) is 48.5 Å². The van der Waals surface area contributed by atoms with Crippen LogP contribution in [0, 0.1) is 5.92 Å². The van der Waals surface area contributed by atoms with E-state index in [0.717, 1.165) is 16.0 Å². The fourth-order valence-corrected chi connectivity index (χ4v) is 8.98. The lowest BCUT2D eigenvalue weighted by Crippen LogP contribution is -2.71. The molecule has 7 atom stereocenters. The molecular formula is C34H36F3N5O5. The van der Waals surface area contributed by atoms with E-state index in [1.54, 1.807) is 24.1 Å². The first-order valence-electron chi connectivity index (χ1n) is 16.1. The summed E-state index contributed by atoms with van der Waals surface area (Å²) in [6.07, 6.45) is -2.72. The molecule has 0 bridgehead atoms. The van der Waals surface area contributed by atoms with Crippen LogP contribution in [0.2, 0.25) is 0 Å². The quantitative estimate of drug-likeness (QED) is 0.399. The molecule has 4 aliphatic heterocycles. The van der Waals surface area contributed by atoms with Crippen LogP contribution in [0.5, 0.6) is 0 Å². The smallest absolute Gasteiger partial charge is 0.351 e. The van der Waals surface area contributed by atoms with Crippen molar-refractivity contribution in [1.82, 2.24) is 25.0 Å². The Morgan fingerprint density at radius 2 is 1.91 bits per heavy atom. The van der Waals surface area contributed by atoms with Crippen molar-refractivity contribution in [2.75, 3.05) is 20.1 Å². The number of rotatable bonds is 4. The van der Waals surface area contributed by atoms with Crippen LogP contribution in [-0.2, 0) is 38.1 Å². The number of hydrogen-bond acceptors (Lipinski definition) is 6. The highest BCUT2D eigenvalue weighted by Crippen LogP contribution is 2.49. The lowest BCUT2D eigenvalue weighted by Gasteiger charge is -2.48. The van der Waals surface area contributed by atoms with Gasteiger partial charge in [0.1, 0.15) is 17.8 Å². The van der Waals surface area contributed by atoms with Crippen LogP contribution < -0.4 is 5.32 Å². The predicted molar refractivity (Wildman–Crippen MR) is 162 cm³/mol. The van der Waals surface area contributed by atoms with E-state index in [-0.39, 0.29) is 42.8 Å². The molecule has 47 heavy (non-hydrogen) atoms. The van der Waals surface area contributed by atoms with Crippen LogP contribution in [0.4, 0.5) is 13.2 Å². The number of carbonyl (C=O) groups excluding carboxylic acids is 3. The molecule has 4 saturated heterocycles. The maximum Gasteiger partial charge on any atom is 0.431 e. The van der Waals surface area contributed by atoms with Crippen LogP contribution >= 0.6 is 0 Å². The number of piperazine rings is 1. The zero-order valence-electron chi connectivity index (χ0n) is 26.0. The molecule has 2 aromatic carbocycles. The van der Waals surface area contributed by atoms with Gasteiger partial charge in [-0.2, -0.15) is 13.2 Å². The molecule has 1 unspecified atom stereocenters. The highest BCUT2D eigenvalue weighted by molar-refractivity contribution is 5.97. The van der Waals surface area contributed by atoms with Gasteiger partial charge in [-0.15, -0.1) is 0 Å². The molecule has 1 aliphatic carbocycles. The molecular weight excluding hydrogens is 615 g/mol. The van der Waals surface area contributed by atoms with Gasteiger partial charge in [-0.05, 0) is 62.4 Å². The van der Waals surface area contributed by atoms with Gasteiger partial charge >= 0.3 is 6.18 Å². The summed E-state index contributed by atoms with van der Waals surface area (Å²) >= 11 is 0. The molecule has 0 radical (unpaired) electrons. The van der Waals surface area contributed by atoms with Gasteiger partial charge in [0.25, 0.3) is 11.8 Å². The second kappa shape index (κ2) is 10.3. The second-order valence-corrected chi connectivity index (χ2v) is 13.8. The molecule has 3 N–H and O–H groups in total. The first kappa shape index (κ1) is 30.4. The SMILES string of the molecule is CN1C[C@H](C(=O)N[C@]2(C)O[C@@]3(O)[C@@H]4CCCN4C(=O)[C@H](Cc4ccccc4)N3C2=O)CC2c3cccc4[nH]c(C(F)(F)F)c(c34)C[C@H]21. The van der Waals surface area contributed by atoms with Crippen molar-refractivity contribution in [3.63, 3.8) is 0 Å². The van der Waals surface area contributed by atoms with Gasteiger partial charge in [-0.3, -0.25) is 24.0 Å². The number of likely N-dealkylation sites (N-methyl/N-ethyl adjacent to an activating group) is 1. The minimum atomic E-state index is -4.52. The number of alkyl halides is 3. The predicted octanol–water partition coefficient (Wildman–Crippen LogP) is 3.10. The Labute approximate surface area is 268 Å². The monoisotopic (exact) mass is 651 g/mol. The first-order valence-corrected chi connectivity index (χ1v) is 16.1. The Balaban J connectivity index is 1.08. The first-order chi connectivity index (χ1) is 22.3. The zero-order valence-corrected chi connectivity index (χ0v) is 26.0. The van der Waals surface area contributed by atoms with Crippen molar-refractivity contribution in [2.45, 2.75) is 80.9 Å². The number of ether oxygens (including phenoxy) is 1. The summed E-state index contributed by atoms with van der Waals surface area (Å²) in [7, 11) is 1.80. The topological polar surface area (TPSA) is 118 Å². The standard InChI is InChI=1S/C34H36F3N5O5/c1-32(31(45)42-25(14-18-8-4-3-5-9-18)30(44)41-13-7-12-26(41)34(42,46)47-32)39-29(43)19-15-21-20-10-6-11-23-27(20)22(16-24(21)40(2)17-19)28(38-23)33(35,36)37/h3-6,8-11,19,21,24-26,38,46H,7,12-17H2,1-2H3,(H,39,43)/t19-,21?,24-,25+,26+,32-,34+/m1/s1. The summed E-state index contributed by atoms with van der Waals surface area (Å²) in [5.74, 6) is -4.40. The summed E-state index contributed by atoms with van der Waals surface area (Å²) in [5, 5.41) is 15.4. The molecule has 8 rings (SSSR count). The average Bonchev–Trinajstić information content (AvgIpc) is 3.72. The number of carbonyl (C=O) groups is 3. The number of aromatic nitrogens is 1. The molecule has 4 fully saturated rings. The molecule has 248 valence electrons. The average molecular weight is 652 g/mol. The van der Waals surface area contributed by atoms with E-state index in [1.165, 1.54) is 6.92 Å². The Bertz CT molecular complexity index is 1800. The molecule has 0 spiro atoms. The summed E-state index contributed by atoms with van der Waals surface area (Å²) < 4.78 is 48.1. The van der Waals surface area contributed by atoms with E-state index in [2.05, 4.69) is 10.3 Å². The number of amides is 3. The molecule has 5 aliphatic rings. The minimum Gasteiger partial charge on any atom is -0.351 e. The molecule has 3 aromatic rings. The normalized spacial score (nSPS) is 33.6. The van der Waals surface area contributed by atoms with Crippen LogP contribution in [0.25, 0.3) is 10.9 Å². The van der Waals surface area contributed by atoms with E-state index >= 15 is 0 Å². The van der Waals surface area contributed by atoms with Crippen molar-refractivity contribution in [3.05, 3.63) is 70.9 Å². The number of nitrogens with one attached hydrogen (secondary N) is 2. The van der Waals surface area contributed by atoms with Crippen LogP contribution in [0.1, 0.15) is 54.5 Å². The van der Waals surface area contributed by atoms with Crippen LogP contribution in [0.3, 0.4) is 0 Å². The molecule has 13 heteroatoms. The number of nitrogens with zero attached hydrogens (tertiary/aromatic N) is 3. The molecule has 3 amide bonds. The molecule has 0 saturated carbocycles. The highest BCUT2D eigenvalue weighted by atomic mass is 19.4. The molecule has 1 aromatic heterocycles. The Hall–Kier alpha value is -3.94. The second-order valence-electron chi connectivity index (χ2n) is 13.8. The van der Waals surface area contributed by atoms with E-state index in [4.69, 9.17) is 4.74 Å². The molecule has 10 nitrogen and oxygen atoms in total. The Morgan fingerprint density at radius 1 is 1.15 bits per heavy atom. The van der Waals surface area contributed by atoms with Crippen molar-refractivity contribution in [3.8, 4) is 0 Å². The van der Waals surface area contributed by atoms with Gasteiger partial charge in [-0.25, -0.2) is 0 Å². The number of likely N-dealkylation sites (tertiary alicyclic amines) is 1. The summed E-state index contributed by atoms with van der Waals surface area (Å²) in [6, 6.07) is 12.4. The summed E-state index contributed by atoms with van der Waals surface area (Å²) in [4.78, 5) is 49.2. The number of benzene rings is 2. The number of fused-ring (bicyclic) bond motifs is 5. The fraction of sp³-hybridized carbons (Fsp3) is 0.500. The summed E-state index contributed by atoms with van der Waals surface area (Å²) in [5.41, 5.74) is -0.430. The van der Waals surface area contributed by atoms with Crippen LogP contribution in [-0.4, -0.2) is 92.4 Å². The van der Waals surface area contributed by atoms with Crippen molar-refractivity contribution in [1.29, 1.82) is 0 Å². The number of aromatic amines is 1. The lowest BCUT2D eigenvalue weighted by molar-refractivity contribution is -0.315. The van der Waals surface area contributed by atoms with Crippen molar-refractivity contribution in [2.24, 2.45) is 5.92 Å². The number of hydrogen-bond donors (Lipinski definition) is 3. The zero-order chi connectivity index (χ0) is 33.0. The van der Waals surface area contributed by atoms with Crippen molar-refractivity contribution >= 4 is 28.6 Å². The van der Waals surface area contributed by atoms with Gasteiger partial charge < -0.3 is 25.2 Å². The Kier molecular flexibility index (Phi) is 6.65. The minimum absolute atomic E-state index is 0.170. The maximum absolute atomic E-state index is 14.2. The van der Waals surface area contributed by atoms with Crippen molar-refractivity contribution < 1.29 is 37.4 Å². The van der Waals surface area contributed by atoms with Gasteiger partial charge in [0.05, 0.1) is 5.92 Å². The third kappa shape index (κ3) is 4.46. The van der Waals surface area contributed by atoms with Gasteiger partial charge in [0.15, 0.2) is 0 Å². The third-order valence-electron chi connectivity index (χ3n) is 11.0. The Morgan fingerprint density at radius 3 is 2.66 bits per heavy atom. The summed E-state index contributed by atoms with van der Waals surface area (Å²) in [6.45, 7) is 2.10. The number of halogens is 3. The van der Waals surface area contributed by atoms with E-state index in [1.807, 2.05) is 41.3 Å².